The fourth-order valence-electron chi connectivity index (χ4n) is 4.69. The van der Waals surface area contributed by atoms with E-state index >= 15 is 0 Å². The van der Waals surface area contributed by atoms with E-state index in [9.17, 15) is 4.79 Å². The number of carbonyl (C=O) groups excluding carboxylic acids is 1. The molecule has 0 spiro atoms. The Morgan fingerprint density at radius 1 is 0.972 bits per heavy atom. The fraction of sp³-hybridized carbons (Fsp3) is 0.250. The smallest absolute Gasteiger partial charge is 0.309 e. The van der Waals surface area contributed by atoms with E-state index < -0.39 is 0 Å². The number of benzene rings is 3. The highest BCUT2D eigenvalue weighted by Gasteiger charge is 2.45. The summed E-state index contributed by atoms with van der Waals surface area (Å²) < 4.78 is 10.9. The summed E-state index contributed by atoms with van der Waals surface area (Å²) in [5.41, 5.74) is 7.75. The molecule has 4 aromatic rings. The lowest BCUT2D eigenvalue weighted by molar-refractivity contribution is -0.144. The molecular formula is C32H31NO3. The Hall–Kier alpha value is -3.92. The Morgan fingerprint density at radius 2 is 1.64 bits per heavy atom. The number of rotatable bonds is 9. The van der Waals surface area contributed by atoms with Gasteiger partial charge in [-0.15, -0.1) is 0 Å². The predicted octanol–water partition coefficient (Wildman–Crippen LogP) is 7.63. The topological polar surface area (TPSA) is 52.3 Å². The van der Waals surface area contributed by atoms with Gasteiger partial charge in [-0.05, 0) is 61.3 Å². The van der Waals surface area contributed by atoms with Crippen molar-refractivity contribution < 1.29 is 14.1 Å². The minimum Gasteiger partial charge on any atom is -0.466 e. The SMILES string of the molecule is CCOC(=O)C1CC1c1ccc(-c2ccc(-c3onc(C)c3C=CCCc3ccccc3)cc2)cc1. The first kappa shape index (κ1) is 23.8. The van der Waals surface area contributed by atoms with Crippen LogP contribution < -0.4 is 0 Å². The molecule has 1 heterocycles. The molecule has 1 aromatic heterocycles. The molecule has 182 valence electrons. The molecule has 1 aliphatic rings. The van der Waals surface area contributed by atoms with E-state index in [1.165, 1.54) is 11.1 Å². The molecule has 1 fully saturated rings. The molecule has 2 atom stereocenters. The highest BCUT2D eigenvalue weighted by Crippen LogP contribution is 2.48. The van der Waals surface area contributed by atoms with Crippen molar-refractivity contribution >= 4 is 12.0 Å². The molecule has 0 saturated heterocycles. The van der Waals surface area contributed by atoms with Crippen molar-refractivity contribution in [2.24, 2.45) is 5.92 Å². The lowest BCUT2D eigenvalue weighted by Crippen LogP contribution is -2.07. The van der Waals surface area contributed by atoms with Crippen LogP contribution in [0.25, 0.3) is 28.5 Å². The second kappa shape index (κ2) is 10.8. The molecule has 4 heteroatoms. The molecule has 0 aliphatic heterocycles. The van der Waals surface area contributed by atoms with E-state index in [0.717, 1.165) is 53.0 Å². The van der Waals surface area contributed by atoms with Crippen LogP contribution in [0.3, 0.4) is 0 Å². The average molecular weight is 478 g/mol. The Bertz CT molecular complexity index is 1330. The Balaban J connectivity index is 1.25. The van der Waals surface area contributed by atoms with Crippen molar-refractivity contribution in [1.82, 2.24) is 5.16 Å². The van der Waals surface area contributed by atoms with E-state index in [0.29, 0.717) is 6.61 Å². The number of hydrogen-bond acceptors (Lipinski definition) is 4. The van der Waals surface area contributed by atoms with Gasteiger partial charge in [0.1, 0.15) is 0 Å². The standard InChI is InChI=1S/C32H31NO3/c1-3-35-32(34)30-21-29(30)26-17-13-24(14-18-26)25-15-19-27(20-16-25)31-28(22(2)33-36-31)12-8-7-11-23-9-5-4-6-10-23/h4-6,8-10,12-20,29-30H,3,7,11,21H2,1-2H3. The number of aromatic nitrogens is 1. The highest BCUT2D eigenvalue weighted by atomic mass is 16.5. The number of esters is 1. The van der Waals surface area contributed by atoms with Crippen LogP contribution >= 0.6 is 0 Å². The Labute approximate surface area is 212 Å². The first-order valence-electron chi connectivity index (χ1n) is 12.7. The van der Waals surface area contributed by atoms with Gasteiger partial charge in [0, 0.05) is 11.1 Å². The molecule has 3 aromatic carbocycles. The van der Waals surface area contributed by atoms with Crippen molar-refractivity contribution in [3.05, 3.63) is 107 Å². The number of ether oxygens (including phenoxy) is 1. The minimum absolute atomic E-state index is 0.0158. The molecule has 0 amide bonds. The maximum atomic E-state index is 11.9. The zero-order valence-corrected chi connectivity index (χ0v) is 20.8. The second-order valence-electron chi connectivity index (χ2n) is 9.34. The van der Waals surface area contributed by atoms with E-state index in [4.69, 9.17) is 9.26 Å². The highest BCUT2D eigenvalue weighted by molar-refractivity contribution is 5.78. The molecule has 0 N–H and O–H groups in total. The van der Waals surface area contributed by atoms with Crippen LogP contribution in [0.1, 0.15) is 48.1 Å². The molecular weight excluding hydrogens is 446 g/mol. The van der Waals surface area contributed by atoms with E-state index in [-0.39, 0.29) is 17.8 Å². The Morgan fingerprint density at radius 3 is 2.33 bits per heavy atom. The molecule has 1 aliphatic carbocycles. The summed E-state index contributed by atoms with van der Waals surface area (Å²) in [7, 11) is 0. The van der Waals surface area contributed by atoms with Crippen molar-refractivity contribution in [1.29, 1.82) is 0 Å². The van der Waals surface area contributed by atoms with Gasteiger partial charge in [-0.25, -0.2) is 0 Å². The predicted molar refractivity (Wildman–Crippen MR) is 143 cm³/mol. The Kier molecular flexibility index (Phi) is 7.13. The zero-order chi connectivity index (χ0) is 24.9. The van der Waals surface area contributed by atoms with Gasteiger partial charge in [0.2, 0.25) is 0 Å². The minimum atomic E-state index is -0.0739. The van der Waals surface area contributed by atoms with Gasteiger partial charge in [0.15, 0.2) is 5.76 Å². The van der Waals surface area contributed by atoms with Gasteiger partial charge in [0.25, 0.3) is 0 Å². The van der Waals surface area contributed by atoms with Crippen LogP contribution in [0.5, 0.6) is 0 Å². The lowest BCUT2D eigenvalue weighted by Gasteiger charge is -2.06. The summed E-state index contributed by atoms with van der Waals surface area (Å²) in [4.78, 5) is 11.9. The maximum absolute atomic E-state index is 11.9. The third kappa shape index (κ3) is 5.33. The quantitative estimate of drug-likeness (QED) is 0.233. The monoisotopic (exact) mass is 477 g/mol. The number of nitrogens with zero attached hydrogens (tertiary/aromatic N) is 1. The third-order valence-corrected chi connectivity index (χ3v) is 6.83. The van der Waals surface area contributed by atoms with Gasteiger partial charge in [-0.2, -0.15) is 0 Å². The summed E-state index contributed by atoms with van der Waals surface area (Å²) in [6.45, 7) is 4.27. The number of carbonyl (C=O) groups is 1. The summed E-state index contributed by atoms with van der Waals surface area (Å²) in [6.07, 6.45) is 7.17. The van der Waals surface area contributed by atoms with Gasteiger partial charge in [-0.3, -0.25) is 4.79 Å². The van der Waals surface area contributed by atoms with Gasteiger partial charge in [0.05, 0.1) is 18.2 Å². The molecule has 2 unspecified atom stereocenters. The van der Waals surface area contributed by atoms with Crippen molar-refractivity contribution in [3.8, 4) is 22.5 Å². The lowest BCUT2D eigenvalue weighted by atomic mass is 9.99. The average Bonchev–Trinajstić information content (AvgIpc) is 3.64. The molecule has 1 saturated carbocycles. The van der Waals surface area contributed by atoms with Crippen molar-refractivity contribution in [3.63, 3.8) is 0 Å². The number of hydrogen-bond donors (Lipinski definition) is 0. The maximum Gasteiger partial charge on any atom is 0.309 e. The van der Waals surface area contributed by atoms with Crippen LogP contribution in [0.2, 0.25) is 0 Å². The third-order valence-electron chi connectivity index (χ3n) is 6.83. The van der Waals surface area contributed by atoms with Crippen LogP contribution in [-0.2, 0) is 16.0 Å². The molecule has 0 radical (unpaired) electrons. The molecule has 4 nitrogen and oxygen atoms in total. The largest absolute Gasteiger partial charge is 0.466 e. The summed E-state index contributed by atoms with van der Waals surface area (Å²) >= 11 is 0. The van der Waals surface area contributed by atoms with Crippen molar-refractivity contribution in [2.75, 3.05) is 6.61 Å². The summed E-state index contributed by atoms with van der Waals surface area (Å²) in [6, 6.07) is 27.4. The van der Waals surface area contributed by atoms with Crippen LogP contribution in [0, 0.1) is 12.8 Å². The van der Waals surface area contributed by atoms with Gasteiger partial charge < -0.3 is 9.26 Å². The fourth-order valence-corrected chi connectivity index (χ4v) is 4.69. The summed E-state index contributed by atoms with van der Waals surface area (Å²) in [5, 5.41) is 4.21. The normalized spacial score (nSPS) is 16.8. The molecule has 36 heavy (non-hydrogen) atoms. The van der Waals surface area contributed by atoms with Gasteiger partial charge in [-0.1, -0.05) is 96.2 Å². The van der Waals surface area contributed by atoms with Crippen LogP contribution in [0.4, 0.5) is 0 Å². The van der Waals surface area contributed by atoms with Gasteiger partial charge >= 0.3 is 5.97 Å². The number of allylic oxidation sites excluding steroid dienone is 1. The first-order chi connectivity index (χ1) is 17.6. The van der Waals surface area contributed by atoms with E-state index in [2.05, 4.69) is 90.1 Å². The first-order valence-corrected chi connectivity index (χ1v) is 12.7. The van der Waals surface area contributed by atoms with Crippen molar-refractivity contribution in [2.45, 2.75) is 39.0 Å². The molecule has 0 bridgehead atoms. The van der Waals surface area contributed by atoms with Crippen LogP contribution in [0.15, 0.2) is 89.5 Å². The second-order valence-corrected chi connectivity index (χ2v) is 9.34. The van der Waals surface area contributed by atoms with E-state index in [1.807, 2.05) is 19.9 Å². The van der Waals surface area contributed by atoms with E-state index in [1.54, 1.807) is 0 Å². The van der Waals surface area contributed by atoms with Crippen LogP contribution in [-0.4, -0.2) is 17.7 Å². The zero-order valence-electron chi connectivity index (χ0n) is 20.8. The number of aryl methyl sites for hydroxylation is 2. The summed E-state index contributed by atoms with van der Waals surface area (Å²) in [5.74, 6) is 1.02. The molecule has 5 rings (SSSR count).